The first-order chi connectivity index (χ1) is 11.7. The molecule has 136 valence electrons. The van der Waals surface area contributed by atoms with Crippen LogP contribution in [0.5, 0.6) is 0 Å². The third-order valence-corrected chi connectivity index (χ3v) is 5.73. The molecule has 0 aromatic carbocycles. The molecule has 1 heterocycles. The molecule has 1 amide bonds. The Morgan fingerprint density at radius 1 is 1.32 bits per heavy atom. The second kappa shape index (κ2) is 8.18. The zero-order valence-corrected chi connectivity index (χ0v) is 17.2. The van der Waals surface area contributed by atoms with E-state index in [1.54, 1.807) is 0 Å². The van der Waals surface area contributed by atoms with Crippen molar-refractivity contribution in [1.29, 1.82) is 0 Å². The lowest BCUT2D eigenvalue weighted by molar-refractivity contribution is 0.0947. The average molecular weight is 358 g/mol. The van der Waals surface area contributed by atoms with Crippen molar-refractivity contribution in [3.8, 4) is 0 Å². The summed E-state index contributed by atoms with van der Waals surface area (Å²) >= 11 is 1.54. The summed E-state index contributed by atoms with van der Waals surface area (Å²) in [4.78, 5) is 13.9. The Kier molecular flexibility index (Phi) is 6.45. The van der Waals surface area contributed by atoms with E-state index >= 15 is 0 Å². The maximum absolute atomic E-state index is 12.1. The van der Waals surface area contributed by atoms with Crippen molar-refractivity contribution in [2.24, 2.45) is 5.41 Å². The first-order valence-corrected chi connectivity index (χ1v) is 9.98. The van der Waals surface area contributed by atoms with Crippen LogP contribution < -0.4 is 5.32 Å². The highest BCUT2D eigenvalue weighted by Gasteiger charge is 2.26. The summed E-state index contributed by atoms with van der Waals surface area (Å²) in [5, 5.41) is 2.94. The van der Waals surface area contributed by atoms with Gasteiger partial charge in [-0.3, -0.25) is 4.79 Å². The van der Waals surface area contributed by atoms with Crippen LogP contribution in [0.1, 0.15) is 75.4 Å². The number of carbonyl (C=O) groups is 1. The third kappa shape index (κ3) is 5.43. The summed E-state index contributed by atoms with van der Waals surface area (Å²) in [5.74, 6) is 0.0116. The molecular weight excluding hydrogens is 326 g/mol. The Morgan fingerprint density at radius 3 is 2.68 bits per heavy atom. The number of hydrogen-bond donors (Lipinski definition) is 1. The Bertz CT molecular complexity index is 716. The standard InChI is InChI=1S/C22H31NOS/c1-15(2)23-21(24)20-12-10-18(25-20)14-16(3)9-11-19-17(4)8-7-13-22(19,5)6/h9-12,14-15H,7-8,13H2,1-6H3,(H,23,24)/b11-9?,16-14+. The number of thiophene rings is 1. The molecule has 2 nitrogen and oxygen atoms in total. The van der Waals surface area contributed by atoms with Gasteiger partial charge in [-0.2, -0.15) is 0 Å². The summed E-state index contributed by atoms with van der Waals surface area (Å²) in [5.41, 5.74) is 4.47. The molecule has 1 aromatic heterocycles. The van der Waals surface area contributed by atoms with Gasteiger partial charge in [-0.25, -0.2) is 0 Å². The van der Waals surface area contributed by atoms with Crippen LogP contribution in [0.2, 0.25) is 0 Å². The van der Waals surface area contributed by atoms with Crippen molar-refractivity contribution in [2.45, 2.75) is 66.8 Å². The molecule has 0 saturated carbocycles. The molecule has 0 unspecified atom stereocenters. The van der Waals surface area contributed by atoms with E-state index in [9.17, 15) is 4.79 Å². The third-order valence-electron chi connectivity index (χ3n) is 4.70. The summed E-state index contributed by atoms with van der Waals surface area (Å²) < 4.78 is 0. The van der Waals surface area contributed by atoms with E-state index in [0.717, 1.165) is 9.75 Å². The predicted molar refractivity (Wildman–Crippen MR) is 110 cm³/mol. The minimum absolute atomic E-state index is 0.0116. The van der Waals surface area contributed by atoms with Crippen LogP contribution in [0.15, 0.2) is 41.0 Å². The fraction of sp³-hybridized carbons (Fsp3) is 0.500. The van der Waals surface area contributed by atoms with Crippen LogP contribution >= 0.6 is 11.3 Å². The fourth-order valence-corrected chi connectivity index (χ4v) is 4.31. The second-order valence-corrected chi connectivity index (χ2v) is 9.10. The van der Waals surface area contributed by atoms with Crippen LogP contribution in [-0.4, -0.2) is 11.9 Å². The maximum atomic E-state index is 12.1. The van der Waals surface area contributed by atoms with Gasteiger partial charge in [-0.15, -0.1) is 11.3 Å². The summed E-state index contributed by atoms with van der Waals surface area (Å²) in [6.45, 7) is 13.0. The van der Waals surface area contributed by atoms with Gasteiger partial charge >= 0.3 is 0 Å². The molecule has 1 aliphatic rings. The molecule has 25 heavy (non-hydrogen) atoms. The van der Waals surface area contributed by atoms with Crippen molar-refractivity contribution < 1.29 is 4.79 Å². The molecule has 1 aliphatic carbocycles. The molecule has 0 saturated heterocycles. The first-order valence-electron chi connectivity index (χ1n) is 9.16. The van der Waals surface area contributed by atoms with Crippen molar-refractivity contribution in [1.82, 2.24) is 5.32 Å². The lowest BCUT2D eigenvalue weighted by atomic mass is 9.72. The number of carbonyl (C=O) groups excluding carboxylic acids is 1. The zero-order chi connectivity index (χ0) is 18.6. The maximum Gasteiger partial charge on any atom is 0.261 e. The normalized spacial score (nSPS) is 18.3. The van der Waals surface area contributed by atoms with Gasteiger partial charge in [0.15, 0.2) is 0 Å². The topological polar surface area (TPSA) is 29.1 Å². The molecule has 0 fully saturated rings. The van der Waals surface area contributed by atoms with E-state index in [1.165, 1.54) is 47.3 Å². The van der Waals surface area contributed by atoms with Gasteiger partial charge in [0.25, 0.3) is 5.91 Å². The van der Waals surface area contributed by atoms with Crippen LogP contribution in [0, 0.1) is 5.41 Å². The van der Waals surface area contributed by atoms with Gasteiger partial charge in [0.2, 0.25) is 0 Å². The minimum Gasteiger partial charge on any atom is -0.349 e. The van der Waals surface area contributed by atoms with Crippen molar-refractivity contribution in [3.63, 3.8) is 0 Å². The summed E-state index contributed by atoms with van der Waals surface area (Å²) in [6, 6.07) is 4.09. The molecule has 0 aliphatic heterocycles. The minimum atomic E-state index is 0.0116. The Morgan fingerprint density at radius 2 is 2.04 bits per heavy atom. The monoisotopic (exact) mass is 357 g/mol. The zero-order valence-electron chi connectivity index (χ0n) is 16.4. The molecule has 0 spiro atoms. The van der Waals surface area contributed by atoms with Crippen molar-refractivity contribution >= 4 is 23.3 Å². The highest BCUT2D eigenvalue weighted by Crippen LogP contribution is 2.40. The highest BCUT2D eigenvalue weighted by molar-refractivity contribution is 7.14. The molecule has 3 heteroatoms. The second-order valence-electron chi connectivity index (χ2n) is 7.98. The number of rotatable bonds is 5. The summed E-state index contributed by atoms with van der Waals surface area (Å²) in [7, 11) is 0. The quantitative estimate of drug-likeness (QED) is 0.609. The lowest BCUT2D eigenvalue weighted by Gasteiger charge is -2.32. The van der Waals surface area contributed by atoms with E-state index in [1.807, 2.05) is 26.0 Å². The van der Waals surface area contributed by atoms with Crippen LogP contribution in [-0.2, 0) is 0 Å². The van der Waals surface area contributed by atoms with Crippen LogP contribution in [0.4, 0.5) is 0 Å². The van der Waals surface area contributed by atoms with E-state index in [0.29, 0.717) is 0 Å². The van der Waals surface area contributed by atoms with Crippen LogP contribution in [0.25, 0.3) is 6.08 Å². The molecule has 0 radical (unpaired) electrons. The van der Waals surface area contributed by atoms with Gasteiger partial charge < -0.3 is 5.32 Å². The molecule has 1 aromatic rings. The smallest absolute Gasteiger partial charge is 0.261 e. The van der Waals surface area contributed by atoms with E-state index < -0.39 is 0 Å². The molecule has 0 atom stereocenters. The average Bonchev–Trinajstić information content (AvgIpc) is 2.94. The number of nitrogens with one attached hydrogen (secondary N) is 1. The Balaban J connectivity index is 2.12. The number of amides is 1. The van der Waals surface area contributed by atoms with Crippen LogP contribution in [0.3, 0.4) is 0 Å². The highest BCUT2D eigenvalue weighted by atomic mass is 32.1. The lowest BCUT2D eigenvalue weighted by Crippen LogP contribution is -2.29. The van der Waals surface area contributed by atoms with Gasteiger partial charge in [0.05, 0.1) is 4.88 Å². The molecular formula is C22H31NOS. The van der Waals surface area contributed by atoms with E-state index in [2.05, 4.69) is 51.2 Å². The number of hydrogen-bond acceptors (Lipinski definition) is 2. The SMILES string of the molecule is CC1=C(C=C/C(C)=C/c2ccc(C(=O)NC(C)C)s2)C(C)(C)CCC1. The Hall–Kier alpha value is -1.61. The molecule has 1 N–H and O–H groups in total. The van der Waals surface area contributed by atoms with E-state index in [4.69, 9.17) is 0 Å². The number of allylic oxidation sites excluding steroid dienone is 5. The van der Waals surface area contributed by atoms with E-state index in [-0.39, 0.29) is 17.4 Å². The van der Waals surface area contributed by atoms with Crippen molar-refractivity contribution in [3.05, 3.63) is 50.8 Å². The van der Waals surface area contributed by atoms with Gasteiger partial charge in [-0.1, -0.05) is 31.6 Å². The fourth-order valence-electron chi connectivity index (χ4n) is 3.38. The molecule has 2 rings (SSSR count). The van der Waals surface area contributed by atoms with Gasteiger partial charge in [0, 0.05) is 10.9 Å². The predicted octanol–water partition coefficient (Wildman–Crippen LogP) is 6.37. The first kappa shape index (κ1) is 19.7. The van der Waals surface area contributed by atoms with Gasteiger partial charge in [-0.05, 0) is 81.7 Å². The van der Waals surface area contributed by atoms with Crippen molar-refractivity contribution in [2.75, 3.05) is 0 Å². The molecule has 0 bridgehead atoms. The summed E-state index contributed by atoms with van der Waals surface area (Å²) in [6.07, 6.45) is 10.4. The Labute approximate surface area is 156 Å². The van der Waals surface area contributed by atoms with Gasteiger partial charge in [0.1, 0.15) is 0 Å². The largest absolute Gasteiger partial charge is 0.349 e.